The topological polar surface area (TPSA) is 149 Å². The third-order valence-electron chi connectivity index (χ3n) is 9.16. The molecular formula is C46H75NO8. The van der Waals surface area contributed by atoms with Crippen molar-refractivity contribution in [1.29, 1.82) is 0 Å². The van der Waals surface area contributed by atoms with Crippen molar-refractivity contribution in [2.24, 2.45) is 0 Å². The molecule has 0 radical (unpaired) electrons. The molecule has 1 aliphatic rings. The van der Waals surface area contributed by atoms with E-state index in [2.05, 4.69) is 92.1 Å². The SMILES string of the molecule is CC/C=C\C/C=C\C/C=C\C/C=C\C/C=C\C/C=C\CCC(=O)NC(COC1OC(CO)C(O)C(O)C1O)C(O)/C=C/CC/C=C/CCCCCCCCC. The Morgan fingerprint density at radius 1 is 0.636 bits per heavy atom. The minimum absolute atomic E-state index is 0.207. The van der Waals surface area contributed by atoms with Gasteiger partial charge >= 0.3 is 0 Å². The lowest BCUT2D eigenvalue weighted by molar-refractivity contribution is -0.302. The second-order valence-corrected chi connectivity index (χ2v) is 14.0. The van der Waals surface area contributed by atoms with Crippen LogP contribution in [0.2, 0.25) is 0 Å². The van der Waals surface area contributed by atoms with Crippen LogP contribution in [0.4, 0.5) is 0 Å². The number of ether oxygens (including phenoxy) is 2. The summed E-state index contributed by atoms with van der Waals surface area (Å²) in [6, 6.07) is -0.866. The van der Waals surface area contributed by atoms with Gasteiger partial charge in [-0.15, -0.1) is 0 Å². The normalized spacial score (nSPS) is 22.3. The van der Waals surface area contributed by atoms with E-state index in [1.54, 1.807) is 6.08 Å². The average Bonchev–Trinajstić information content (AvgIpc) is 3.18. The van der Waals surface area contributed by atoms with Crippen molar-refractivity contribution in [3.63, 3.8) is 0 Å². The number of hydrogen-bond donors (Lipinski definition) is 6. The molecule has 1 heterocycles. The summed E-state index contributed by atoms with van der Waals surface area (Å²) in [5, 5.41) is 53.9. The highest BCUT2D eigenvalue weighted by molar-refractivity contribution is 5.76. The van der Waals surface area contributed by atoms with Crippen molar-refractivity contribution in [2.75, 3.05) is 13.2 Å². The van der Waals surface area contributed by atoms with E-state index < -0.39 is 49.5 Å². The quantitative estimate of drug-likeness (QED) is 0.0297. The monoisotopic (exact) mass is 770 g/mol. The van der Waals surface area contributed by atoms with Crippen LogP contribution < -0.4 is 5.32 Å². The van der Waals surface area contributed by atoms with E-state index in [-0.39, 0.29) is 18.9 Å². The fourth-order valence-corrected chi connectivity index (χ4v) is 5.78. The highest BCUT2D eigenvalue weighted by atomic mass is 16.7. The van der Waals surface area contributed by atoms with Crippen molar-refractivity contribution in [3.8, 4) is 0 Å². The zero-order chi connectivity index (χ0) is 40.2. The van der Waals surface area contributed by atoms with Crippen LogP contribution in [0.15, 0.2) is 97.2 Å². The van der Waals surface area contributed by atoms with Gasteiger partial charge in [-0.3, -0.25) is 4.79 Å². The number of carbonyl (C=O) groups is 1. The van der Waals surface area contributed by atoms with Gasteiger partial charge in [0.05, 0.1) is 25.4 Å². The molecule has 0 saturated carbocycles. The van der Waals surface area contributed by atoms with Crippen LogP contribution in [0.3, 0.4) is 0 Å². The third-order valence-corrected chi connectivity index (χ3v) is 9.16. The Kier molecular flexibility index (Phi) is 32.4. The van der Waals surface area contributed by atoms with Gasteiger partial charge in [0.2, 0.25) is 5.91 Å². The molecule has 7 atom stereocenters. The Labute approximate surface area is 333 Å². The minimum Gasteiger partial charge on any atom is -0.394 e. The smallest absolute Gasteiger partial charge is 0.220 e. The van der Waals surface area contributed by atoms with Gasteiger partial charge in [0.15, 0.2) is 6.29 Å². The molecule has 0 spiro atoms. The maximum Gasteiger partial charge on any atom is 0.220 e. The number of allylic oxidation sites excluding steroid dienone is 15. The Bertz CT molecular complexity index is 1170. The molecule has 0 aromatic heterocycles. The van der Waals surface area contributed by atoms with Crippen molar-refractivity contribution in [2.45, 2.75) is 172 Å². The van der Waals surface area contributed by atoms with Gasteiger partial charge in [0.25, 0.3) is 0 Å². The second kappa shape index (κ2) is 35.5. The standard InChI is InChI=1S/C46H75NO8/c1-3-5-7-9-11-13-15-17-18-19-20-21-22-24-26-28-30-32-34-36-42(50)47-39(38-54-46-45(53)44(52)43(51)41(37-48)55-46)40(49)35-33-31-29-27-25-23-16-14-12-10-8-6-4-2/h5,7,11,13,17-18,20-21,24-27,30,32-33,35,39-41,43-46,48-49,51-53H,3-4,6,8-10,12,14-16,19,22-23,28-29,31,34,36-38H2,1-2H3,(H,47,50)/b7-5-,13-11-,18-17-,21-20-,26-24-,27-25+,32-30-,35-33+. The third kappa shape index (κ3) is 26.6. The van der Waals surface area contributed by atoms with E-state index >= 15 is 0 Å². The molecule has 55 heavy (non-hydrogen) atoms. The average molecular weight is 770 g/mol. The molecule has 6 N–H and O–H groups in total. The van der Waals surface area contributed by atoms with E-state index in [4.69, 9.17) is 9.47 Å². The van der Waals surface area contributed by atoms with E-state index in [1.165, 1.54) is 44.9 Å². The molecule has 0 bridgehead atoms. The number of rotatable bonds is 32. The van der Waals surface area contributed by atoms with Crippen molar-refractivity contribution >= 4 is 5.91 Å². The summed E-state index contributed by atoms with van der Waals surface area (Å²) in [6.45, 7) is 3.55. The van der Waals surface area contributed by atoms with Crippen LogP contribution in [0, 0.1) is 0 Å². The molecule has 1 amide bonds. The summed E-state index contributed by atoms with van der Waals surface area (Å²) in [6.07, 6.45) is 43.2. The van der Waals surface area contributed by atoms with Gasteiger partial charge in [0, 0.05) is 6.42 Å². The fraction of sp³-hybridized carbons (Fsp3) is 0.630. The lowest BCUT2D eigenvalue weighted by atomic mass is 9.99. The maximum absolute atomic E-state index is 12.9. The summed E-state index contributed by atoms with van der Waals surface area (Å²) in [7, 11) is 0. The second-order valence-electron chi connectivity index (χ2n) is 14.0. The Hall–Kier alpha value is -2.89. The minimum atomic E-state index is -1.59. The number of aliphatic hydroxyl groups excluding tert-OH is 5. The van der Waals surface area contributed by atoms with Crippen molar-refractivity contribution < 1.29 is 39.8 Å². The van der Waals surface area contributed by atoms with E-state index in [0.29, 0.717) is 6.42 Å². The van der Waals surface area contributed by atoms with Gasteiger partial charge in [-0.25, -0.2) is 0 Å². The highest BCUT2D eigenvalue weighted by Crippen LogP contribution is 2.22. The molecule has 7 unspecified atom stereocenters. The first-order valence-corrected chi connectivity index (χ1v) is 21.0. The number of nitrogens with one attached hydrogen (secondary N) is 1. The van der Waals surface area contributed by atoms with Gasteiger partial charge in [0.1, 0.15) is 24.4 Å². The molecule has 9 nitrogen and oxygen atoms in total. The molecule has 1 rings (SSSR count). The summed E-state index contributed by atoms with van der Waals surface area (Å²) in [5.74, 6) is -0.275. The van der Waals surface area contributed by atoms with Gasteiger partial charge < -0.3 is 40.3 Å². The molecular weight excluding hydrogens is 695 g/mol. The lowest BCUT2D eigenvalue weighted by Gasteiger charge is -2.40. The van der Waals surface area contributed by atoms with Crippen molar-refractivity contribution in [1.82, 2.24) is 5.32 Å². The summed E-state index contributed by atoms with van der Waals surface area (Å²) in [5.41, 5.74) is 0. The molecule has 312 valence electrons. The van der Waals surface area contributed by atoms with Gasteiger partial charge in [-0.05, 0) is 70.6 Å². The predicted octanol–water partition coefficient (Wildman–Crippen LogP) is 8.16. The number of hydrogen-bond acceptors (Lipinski definition) is 8. The van der Waals surface area contributed by atoms with Crippen LogP contribution in [-0.2, 0) is 14.3 Å². The van der Waals surface area contributed by atoms with Crippen LogP contribution in [0.5, 0.6) is 0 Å². The number of unbranched alkanes of at least 4 members (excludes halogenated alkanes) is 8. The Balaban J connectivity index is 2.50. The Morgan fingerprint density at radius 3 is 1.73 bits per heavy atom. The first-order valence-electron chi connectivity index (χ1n) is 21.0. The first-order chi connectivity index (χ1) is 26.8. The predicted molar refractivity (Wildman–Crippen MR) is 225 cm³/mol. The van der Waals surface area contributed by atoms with E-state index in [9.17, 15) is 30.3 Å². The van der Waals surface area contributed by atoms with Crippen LogP contribution >= 0.6 is 0 Å². The maximum atomic E-state index is 12.9. The van der Waals surface area contributed by atoms with E-state index in [0.717, 1.165) is 57.8 Å². The van der Waals surface area contributed by atoms with Crippen LogP contribution in [-0.4, -0.2) is 87.5 Å². The van der Waals surface area contributed by atoms with Crippen LogP contribution in [0.25, 0.3) is 0 Å². The first kappa shape index (κ1) is 50.1. The number of aliphatic hydroxyl groups is 5. The Morgan fingerprint density at radius 2 is 1.15 bits per heavy atom. The molecule has 0 aromatic rings. The molecule has 0 aliphatic carbocycles. The highest BCUT2D eigenvalue weighted by Gasteiger charge is 2.44. The molecule has 1 fully saturated rings. The zero-order valence-corrected chi connectivity index (χ0v) is 33.9. The molecule has 0 aromatic carbocycles. The van der Waals surface area contributed by atoms with E-state index in [1.807, 2.05) is 18.2 Å². The zero-order valence-electron chi connectivity index (χ0n) is 33.9. The summed E-state index contributed by atoms with van der Waals surface area (Å²) >= 11 is 0. The molecule has 9 heteroatoms. The number of carbonyl (C=O) groups excluding carboxylic acids is 1. The number of amides is 1. The summed E-state index contributed by atoms with van der Waals surface area (Å²) < 4.78 is 11.1. The lowest BCUT2D eigenvalue weighted by Crippen LogP contribution is -2.60. The molecule has 1 saturated heterocycles. The van der Waals surface area contributed by atoms with Crippen LogP contribution in [0.1, 0.15) is 129 Å². The summed E-state index contributed by atoms with van der Waals surface area (Å²) in [4.78, 5) is 12.9. The van der Waals surface area contributed by atoms with Crippen molar-refractivity contribution in [3.05, 3.63) is 97.2 Å². The fourth-order valence-electron chi connectivity index (χ4n) is 5.78. The molecule has 1 aliphatic heterocycles. The largest absolute Gasteiger partial charge is 0.394 e. The van der Waals surface area contributed by atoms with Gasteiger partial charge in [-0.2, -0.15) is 0 Å². The van der Waals surface area contributed by atoms with Gasteiger partial charge in [-0.1, -0.05) is 150 Å².